The number of rotatable bonds is 6. The molecule has 0 saturated carbocycles. The van der Waals surface area contributed by atoms with E-state index >= 15 is 0 Å². The van der Waals surface area contributed by atoms with Crippen LogP contribution in [0.25, 0.3) is 0 Å². The molecule has 0 radical (unpaired) electrons. The molecule has 0 fully saturated rings. The van der Waals surface area contributed by atoms with Crippen molar-refractivity contribution in [1.82, 2.24) is 15.1 Å². The van der Waals surface area contributed by atoms with Crippen molar-refractivity contribution in [3.8, 4) is 0 Å². The molecule has 25 heavy (non-hydrogen) atoms. The summed E-state index contributed by atoms with van der Waals surface area (Å²) in [6.45, 7) is 5.83. The Hall–Kier alpha value is -2.63. The van der Waals surface area contributed by atoms with Gasteiger partial charge in [0.2, 0.25) is 0 Å². The predicted molar refractivity (Wildman–Crippen MR) is 95.1 cm³/mol. The zero-order valence-electron chi connectivity index (χ0n) is 15.3. The smallest absolute Gasteiger partial charge is 0.310 e. The average Bonchev–Trinajstić information content (AvgIpc) is 3.01. The van der Waals surface area contributed by atoms with Crippen LogP contribution in [0.5, 0.6) is 0 Å². The molecule has 0 unspecified atom stereocenters. The molecule has 2 aromatic rings. The van der Waals surface area contributed by atoms with Crippen LogP contribution in [0.4, 0.5) is 0 Å². The summed E-state index contributed by atoms with van der Waals surface area (Å²) < 4.78 is 6.56. The Morgan fingerprint density at radius 3 is 2.32 bits per heavy atom. The standard InChI is InChI=1S/C19H25N3O3/c1-12(2)16-11-15(21-22(16)4)18(23)20-17(13(3)19(24)25-5)14-9-7-6-8-10-14/h6-13,17H,1-5H3,(H,20,23)/t13-,17-/m0/s1. The predicted octanol–water partition coefficient (Wildman–Crippen LogP) is 2.82. The lowest BCUT2D eigenvalue weighted by molar-refractivity contribution is -0.145. The SMILES string of the molecule is COC(=O)[C@@H](C)[C@H](NC(=O)c1cc(C(C)C)n(C)n1)c1ccccc1. The second kappa shape index (κ2) is 7.96. The number of carbonyl (C=O) groups excluding carboxylic acids is 2. The topological polar surface area (TPSA) is 73.2 Å². The number of methoxy groups -OCH3 is 1. The van der Waals surface area contributed by atoms with E-state index in [1.165, 1.54) is 7.11 Å². The monoisotopic (exact) mass is 343 g/mol. The number of amides is 1. The van der Waals surface area contributed by atoms with Gasteiger partial charge < -0.3 is 10.1 Å². The van der Waals surface area contributed by atoms with Gasteiger partial charge in [-0.05, 0) is 24.5 Å². The third kappa shape index (κ3) is 4.26. The van der Waals surface area contributed by atoms with Crippen LogP contribution in [0.3, 0.4) is 0 Å². The molecule has 1 amide bonds. The van der Waals surface area contributed by atoms with E-state index in [1.807, 2.05) is 51.2 Å². The van der Waals surface area contributed by atoms with Gasteiger partial charge in [-0.3, -0.25) is 14.3 Å². The largest absolute Gasteiger partial charge is 0.469 e. The van der Waals surface area contributed by atoms with E-state index in [1.54, 1.807) is 17.7 Å². The Morgan fingerprint density at radius 2 is 1.80 bits per heavy atom. The summed E-state index contributed by atoms with van der Waals surface area (Å²) >= 11 is 0. The summed E-state index contributed by atoms with van der Waals surface area (Å²) in [6.07, 6.45) is 0. The maximum absolute atomic E-state index is 12.7. The third-order valence-electron chi connectivity index (χ3n) is 4.26. The van der Waals surface area contributed by atoms with Crippen LogP contribution in [0.2, 0.25) is 0 Å². The van der Waals surface area contributed by atoms with Crippen molar-refractivity contribution in [2.45, 2.75) is 32.7 Å². The van der Waals surface area contributed by atoms with E-state index in [0.717, 1.165) is 11.3 Å². The van der Waals surface area contributed by atoms with Crippen LogP contribution >= 0.6 is 0 Å². The normalized spacial score (nSPS) is 13.4. The molecule has 0 aliphatic carbocycles. The molecular weight excluding hydrogens is 318 g/mol. The molecule has 134 valence electrons. The third-order valence-corrected chi connectivity index (χ3v) is 4.26. The van der Waals surface area contributed by atoms with Crippen LogP contribution in [-0.2, 0) is 16.6 Å². The molecule has 1 N–H and O–H groups in total. The number of benzene rings is 1. The Kier molecular flexibility index (Phi) is 5.96. The first-order chi connectivity index (χ1) is 11.8. The van der Waals surface area contributed by atoms with Gasteiger partial charge in [-0.2, -0.15) is 5.10 Å². The number of aryl methyl sites for hydroxylation is 1. The van der Waals surface area contributed by atoms with Crippen LogP contribution in [0.15, 0.2) is 36.4 Å². The molecule has 0 saturated heterocycles. The Labute approximate surface area is 148 Å². The zero-order valence-corrected chi connectivity index (χ0v) is 15.3. The highest BCUT2D eigenvalue weighted by Gasteiger charge is 2.29. The Bertz CT molecular complexity index is 738. The molecule has 1 heterocycles. The van der Waals surface area contributed by atoms with E-state index in [9.17, 15) is 9.59 Å². The Balaban J connectivity index is 2.28. The van der Waals surface area contributed by atoms with Crippen LogP contribution in [0.1, 0.15) is 54.5 Å². The van der Waals surface area contributed by atoms with Crippen molar-refractivity contribution < 1.29 is 14.3 Å². The fourth-order valence-electron chi connectivity index (χ4n) is 2.83. The van der Waals surface area contributed by atoms with Crippen molar-refractivity contribution in [2.75, 3.05) is 7.11 Å². The fourth-order valence-corrected chi connectivity index (χ4v) is 2.83. The van der Waals surface area contributed by atoms with Gasteiger partial charge in [-0.15, -0.1) is 0 Å². The summed E-state index contributed by atoms with van der Waals surface area (Å²) in [5, 5.41) is 7.22. The van der Waals surface area contributed by atoms with Gasteiger partial charge in [0, 0.05) is 12.7 Å². The van der Waals surface area contributed by atoms with Crippen LogP contribution < -0.4 is 5.32 Å². The van der Waals surface area contributed by atoms with Gasteiger partial charge in [-0.25, -0.2) is 0 Å². The summed E-state index contributed by atoms with van der Waals surface area (Å²) in [5.74, 6) is -0.951. The van der Waals surface area contributed by atoms with Gasteiger partial charge in [0.1, 0.15) is 5.69 Å². The number of ether oxygens (including phenoxy) is 1. The van der Waals surface area contributed by atoms with Gasteiger partial charge in [0.15, 0.2) is 0 Å². The number of hydrogen-bond donors (Lipinski definition) is 1. The minimum Gasteiger partial charge on any atom is -0.469 e. The van der Waals surface area contributed by atoms with Crippen molar-refractivity contribution in [3.05, 3.63) is 53.3 Å². The molecule has 2 rings (SSSR count). The quantitative estimate of drug-likeness (QED) is 0.819. The van der Waals surface area contributed by atoms with Crippen molar-refractivity contribution in [1.29, 1.82) is 0 Å². The number of carbonyl (C=O) groups is 2. The number of hydrogen-bond acceptors (Lipinski definition) is 4. The van der Waals surface area contributed by atoms with Gasteiger partial charge in [0.25, 0.3) is 5.91 Å². The minimum absolute atomic E-state index is 0.262. The van der Waals surface area contributed by atoms with Gasteiger partial charge in [-0.1, -0.05) is 44.2 Å². The summed E-state index contributed by atoms with van der Waals surface area (Å²) in [6, 6.07) is 10.7. The average molecular weight is 343 g/mol. The van der Waals surface area contributed by atoms with E-state index in [2.05, 4.69) is 10.4 Å². The van der Waals surface area contributed by atoms with Gasteiger partial charge >= 0.3 is 5.97 Å². The first-order valence-corrected chi connectivity index (χ1v) is 8.32. The summed E-state index contributed by atoms with van der Waals surface area (Å²) in [5.41, 5.74) is 2.15. The first-order valence-electron chi connectivity index (χ1n) is 8.32. The Morgan fingerprint density at radius 1 is 1.16 bits per heavy atom. The molecular formula is C19H25N3O3. The van der Waals surface area contributed by atoms with E-state index in [-0.39, 0.29) is 17.8 Å². The summed E-state index contributed by atoms with van der Waals surface area (Å²) in [7, 11) is 3.16. The minimum atomic E-state index is -0.523. The lowest BCUT2D eigenvalue weighted by atomic mass is 9.94. The molecule has 0 aliphatic rings. The highest BCUT2D eigenvalue weighted by atomic mass is 16.5. The number of aromatic nitrogens is 2. The lowest BCUT2D eigenvalue weighted by Gasteiger charge is -2.23. The first kappa shape index (κ1) is 18.7. The van der Waals surface area contributed by atoms with Crippen molar-refractivity contribution in [2.24, 2.45) is 13.0 Å². The number of esters is 1. The summed E-state index contributed by atoms with van der Waals surface area (Å²) in [4.78, 5) is 24.7. The van der Waals surface area contributed by atoms with Crippen molar-refractivity contribution >= 4 is 11.9 Å². The highest BCUT2D eigenvalue weighted by Crippen LogP contribution is 2.24. The molecule has 0 aliphatic heterocycles. The molecule has 6 heteroatoms. The van der Waals surface area contributed by atoms with E-state index < -0.39 is 12.0 Å². The zero-order chi connectivity index (χ0) is 18.6. The second-order valence-electron chi connectivity index (χ2n) is 6.41. The van der Waals surface area contributed by atoms with E-state index in [4.69, 9.17) is 4.74 Å². The van der Waals surface area contributed by atoms with Crippen molar-refractivity contribution in [3.63, 3.8) is 0 Å². The number of nitrogens with one attached hydrogen (secondary N) is 1. The molecule has 1 aromatic carbocycles. The highest BCUT2D eigenvalue weighted by molar-refractivity contribution is 5.93. The maximum atomic E-state index is 12.7. The maximum Gasteiger partial charge on any atom is 0.310 e. The van der Waals surface area contributed by atoms with Crippen LogP contribution in [-0.4, -0.2) is 28.8 Å². The molecule has 0 bridgehead atoms. The number of nitrogens with zero attached hydrogens (tertiary/aromatic N) is 2. The second-order valence-corrected chi connectivity index (χ2v) is 6.41. The fraction of sp³-hybridized carbons (Fsp3) is 0.421. The van der Waals surface area contributed by atoms with Crippen LogP contribution in [0, 0.1) is 5.92 Å². The van der Waals surface area contributed by atoms with Gasteiger partial charge in [0.05, 0.1) is 19.1 Å². The molecule has 6 nitrogen and oxygen atoms in total. The molecule has 0 spiro atoms. The van der Waals surface area contributed by atoms with E-state index in [0.29, 0.717) is 5.69 Å². The lowest BCUT2D eigenvalue weighted by Crippen LogP contribution is -2.36. The molecule has 1 aromatic heterocycles. The molecule has 2 atom stereocenters.